The maximum atomic E-state index is 11.0. The van der Waals surface area contributed by atoms with Crippen LogP contribution in [0.3, 0.4) is 0 Å². The summed E-state index contributed by atoms with van der Waals surface area (Å²) in [6.45, 7) is -0.231. The summed E-state index contributed by atoms with van der Waals surface area (Å²) in [5.74, 6) is 3.20. The normalized spacial score (nSPS) is 43.3. The summed E-state index contributed by atoms with van der Waals surface area (Å²) < 4.78 is 23.1. The molecule has 4 rings (SSSR count). The monoisotopic (exact) mass is 311 g/mol. The first-order valence-corrected chi connectivity index (χ1v) is 8.36. The van der Waals surface area contributed by atoms with E-state index >= 15 is 0 Å². The van der Waals surface area contributed by atoms with Crippen molar-refractivity contribution < 1.29 is 14.3 Å². The Balaban J connectivity index is 1.77. The van der Waals surface area contributed by atoms with Crippen molar-refractivity contribution in [3.05, 3.63) is 34.9 Å². The fourth-order valence-electron chi connectivity index (χ4n) is 5.38. The van der Waals surface area contributed by atoms with E-state index in [1.165, 1.54) is 0 Å². The number of aryl methyl sites for hydroxylation is 1. The first kappa shape index (κ1) is 11.8. The molecule has 2 N–H and O–H groups in total. The Morgan fingerprint density at radius 1 is 1.35 bits per heavy atom. The summed E-state index contributed by atoms with van der Waals surface area (Å²) >= 11 is 0. The Bertz CT molecular complexity index is 835. The summed E-state index contributed by atoms with van der Waals surface area (Å²) in [6, 6.07) is 3.24. The third kappa shape index (κ3) is 1.80. The number of aliphatic hydroxyl groups is 1. The highest BCUT2D eigenvalue weighted by Crippen LogP contribution is 2.63. The molecule has 2 fully saturated rings. The maximum Gasteiger partial charge on any atom is 0.130 e. The Hall–Kier alpha value is -1.72. The summed E-state index contributed by atoms with van der Waals surface area (Å²) in [5, 5.41) is 21.1. The Labute approximate surface area is 142 Å². The van der Waals surface area contributed by atoms with E-state index in [1.54, 1.807) is 12.1 Å². The average molecular weight is 311 g/mol. The minimum absolute atomic E-state index is 0.0187. The molecule has 0 bridgehead atoms. The molecule has 0 aliphatic heterocycles. The smallest absolute Gasteiger partial charge is 0.130 e. The number of phenolic OH excluding ortho intramolecular Hbond substituents is 1. The Kier molecular flexibility index (Phi) is 2.38. The first-order valence-electron chi connectivity index (χ1n) is 9.86. The second-order valence-corrected chi connectivity index (χ2v) is 7.65. The summed E-state index contributed by atoms with van der Waals surface area (Å²) in [4.78, 5) is 0. The van der Waals surface area contributed by atoms with Crippen LogP contribution in [0.2, 0.25) is 0 Å². The summed E-state index contributed by atoms with van der Waals surface area (Å²) in [7, 11) is 0. The van der Waals surface area contributed by atoms with E-state index < -0.39 is 12.5 Å². The molecule has 0 radical (unpaired) electrons. The molecule has 23 heavy (non-hydrogen) atoms. The maximum absolute atomic E-state index is 11.0. The van der Waals surface area contributed by atoms with Gasteiger partial charge in [0.2, 0.25) is 0 Å². The lowest BCUT2D eigenvalue weighted by Crippen LogP contribution is -2.49. The number of aromatic hydroxyl groups is 1. The number of terminal acetylenes is 1. The lowest BCUT2D eigenvalue weighted by molar-refractivity contribution is -0.0547. The highest BCUT2D eigenvalue weighted by Gasteiger charge is 2.60. The van der Waals surface area contributed by atoms with Crippen LogP contribution < -0.4 is 0 Å². The van der Waals surface area contributed by atoms with Crippen LogP contribution in [-0.2, 0) is 0 Å². The van der Waals surface area contributed by atoms with Crippen molar-refractivity contribution in [1.82, 2.24) is 0 Å². The molecule has 2 nitrogen and oxygen atoms in total. The molecule has 5 atom stereocenters. The number of hydrogen-bond acceptors (Lipinski definition) is 2. The van der Waals surface area contributed by atoms with E-state index in [1.807, 2.05) is 6.08 Å². The van der Waals surface area contributed by atoms with Gasteiger partial charge in [0, 0.05) is 9.53 Å². The molecule has 1 aromatic carbocycles. The van der Waals surface area contributed by atoms with Gasteiger partial charge in [-0.15, -0.1) is 6.42 Å². The number of benzene rings is 1. The van der Waals surface area contributed by atoms with Crippen molar-refractivity contribution in [3.8, 4) is 18.1 Å². The topological polar surface area (TPSA) is 40.5 Å². The average Bonchev–Trinajstić information content (AvgIpc) is 2.85. The molecule has 0 spiro atoms. The Morgan fingerprint density at radius 2 is 2.17 bits per heavy atom. The van der Waals surface area contributed by atoms with Crippen LogP contribution in [0.4, 0.5) is 0 Å². The predicted molar refractivity (Wildman–Crippen MR) is 92.0 cm³/mol. The zero-order valence-corrected chi connectivity index (χ0v) is 13.3. The highest BCUT2D eigenvalue weighted by molar-refractivity contribution is 5.62. The van der Waals surface area contributed by atoms with Crippen LogP contribution in [0.15, 0.2) is 18.2 Å². The molecule has 120 valence electrons. The van der Waals surface area contributed by atoms with Crippen molar-refractivity contribution >= 4 is 6.08 Å². The fourth-order valence-corrected chi connectivity index (χ4v) is 5.38. The molecule has 2 saturated carbocycles. The number of hydrogen-bond donors (Lipinski definition) is 2. The third-order valence-corrected chi connectivity index (χ3v) is 6.82. The lowest BCUT2D eigenvalue weighted by atomic mass is 9.54. The second-order valence-electron chi connectivity index (χ2n) is 7.65. The molecule has 3 aliphatic rings. The molecule has 0 heterocycles. The van der Waals surface area contributed by atoms with Crippen LogP contribution in [0.5, 0.6) is 5.75 Å². The molecule has 0 unspecified atom stereocenters. The Morgan fingerprint density at radius 3 is 2.91 bits per heavy atom. The molecular formula is C21H24O2. The highest BCUT2D eigenvalue weighted by atomic mass is 16.3. The minimum atomic E-state index is -2.34. The summed E-state index contributed by atoms with van der Waals surface area (Å²) in [5.41, 5.74) is 0.541. The lowest BCUT2D eigenvalue weighted by Gasteiger charge is -2.50. The van der Waals surface area contributed by atoms with Crippen molar-refractivity contribution in [3.63, 3.8) is 0 Å². The molecule has 2 heteroatoms. The minimum Gasteiger partial charge on any atom is -0.508 e. The van der Waals surface area contributed by atoms with Crippen molar-refractivity contribution in [1.29, 1.82) is 0 Å². The zero-order chi connectivity index (χ0) is 18.9. The van der Waals surface area contributed by atoms with Crippen LogP contribution in [0.25, 0.3) is 6.08 Å². The van der Waals surface area contributed by atoms with Gasteiger partial charge < -0.3 is 10.2 Å². The third-order valence-electron chi connectivity index (χ3n) is 6.82. The van der Waals surface area contributed by atoms with Gasteiger partial charge in [-0.2, -0.15) is 0 Å². The fraction of sp³-hybridized carbons (Fsp3) is 0.524. The van der Waals surface area contributed by atoms with Crippen LogP contribution >= 0.6 is 0 Å². The van der Waals surface area contributed by atoms with Gasteiger partial charge in [-0.1, -0.05) is 31.1 Å². The standard InChI is InChI=1S/C21H24O2/c1-4-21(23)10-8-18-16-6-5-14-12-19(22)13(2)11-17(14)15(16)7-9-20(18,21)3/h1,5-6,11-12,15-16,18,22-23H,7-10H2,2-3H3/t15-,16+,18-,20-,21-/m0/s1/i2D3. The molecule has 0 saturated heterocycles. The number of fused-ring (bicyclic) bond motifs is 5. The molecule has 1 aromatic rings. The largest absolute Gasteiger partial charge is 0.508 e. The number of rotatable bonds is 0. The van der Waals surface area contributed by atoms with Gasteiger partial charge in [0.1, 0.15) is 11.4 Å². The van der Waals surface area contributed by atoms with Gasteiger partial charge in [-0.05, 0) is 73.0 Å². The van der Waals surface area contributed by atoms with Gasteiger partial charge in [0.05, 0.1) is 0 Å². The van der Waals surface area contributed by atoms with Crippen LogP contribution in [-0.4, -0.2) is 15.8 Å². The zero-order valence-electron chi connectivity index (χ0n) is 16.3. The van der Waals surface area contributed by atoms with E-state index in [4.69, 9.17) is 10.5 Å². The van der Waals surface area contributed by atoms with Gasteiger partial charge in [-0.3, -0.25) is 0 Å². The van der Waals surface area contributed by atoms with Crippen molar-refractivity contribution in [2.45, 2.75) is 51.0 Å². The van der Waals surface area contributed by atoms with Crippen molar-refractivity contribution in [2.75, 3.05) is 0 Å². The van der Waals surface area contributed by atoms with Gasteiger partial charge in [-0.25, -0.2) is 0 Å². The predicted octanol–water partition coefficient (Wildman–Crippen LogP) is 4.00. The summed E-state index contributed by atoms with van der Waals surface area (Å²) in [6.07, 6.45) is 13.0. The van der Waals surface area contributed by atoms with Gasteiger partial charge in [0.15, 0.2) is 0 Å². The molecular weight excluding hydrogens is 284 g/mol. The van der Waals surface area contributed by atoms with E-state index in [0.29, 0.717) is 6.42 Å². The van der Waals surface area contributed by atoms with Crippen LogP contribution in [0, 0.1) is 36.4 Å². The van der Waals surface area contributed by atoms with E-state index in [-0.39, 0.29) is 34.5 Å². The van der Waals surface area contributed by atoms with Crippen molar-refractivity contribution in [2.24, 2.45) is 17.3 Å². The molecule has 0 aromatic heterocycles. The number of phenols is 1. The van der Waals surface area contributed by atoms with E-state index in [9.17, 15) is 10.2 Å². The van der Waals surface area contributed by atoms with Gasteiger partial charge >= 0.3 is 0 Å². The number of allylic oxidation sites excluding steroid dienone is 1. The quantitative estimate of drug-likeness (QED) is 0.711. The van der Waals surface area contributed by atoms with Gasteiger partial charge in [0.25, 0.3) is 0 Å². The van der Waals surface area contributed by atoms with E-state index in [2.05, 4.69) is 18.9 Å². The first-order chi connectivity index (χ1) is 12.1. The van der Waals surface area contributed by atoms with E-state index in [0.717, 1.165) is 30.4 Å². The SMILES string of the molecule is [2H]C([2H])([2H])c1cc2c(cc1O)C=C[C@@H]1[C@@H]2CC[C@@]2(C)[C@H]1CC[C@@]2(O)C#C. The molecule has 0 amide bonds. The molecule has 3 aliphatic carbocycles. The second kappa shape index (κ2) is 4.65. The van der Waals surface area contributed by atoms with Crippen LogP contribution in [0.1, 0.15) is 59.3 Å².